The molecule has 2 aromatic rings. The van der Waals surface area contributed by atoms with Crippen LogP contribution in [0.15, 0.2) is 30.6 Å². The van der Waals surface area contributed by atoms with E-state index < -0.39 is 0 Å². The van der Waals surface area contributed by atoms with Crippen molar-refractivity contribution in [2.24, 2.45) is 0 Å². The number of fused-ring (bicyclic) bond motifs is 1. The second kappa shape index (κ2) is 5.62. The molecule has 2 aliphatic rings. The zero-order valence-electron chi connectivity index (χ0n) is 12.1. The largest absolute Gasteiger partial charge is 0.376 e. The summed E-state index contributed by atoms with van der Waals surface area (Å²) in [6, 6.07) is 6.46. The number of rotatable bonds is 2. The lowest BCUT2D eigenvalue weighted by Crippen LogP contribution is -2.18. The summed E-state index contributed by atoms with van der Waals surface area (Å²) in [7, 11) is 0. The van der Waals surface area contributed by atoms with Gasteiger partial charge < -0.3 is 9.47 Å². The molecule has 110 valence electrons. The average molecular weight is 284 g/mol. The van der Waals surface area contributed by atoms with Gasteiger partial charge in [0, 0.05) is 18.4 Å². The Hall–Kier alpha value is -1.65. The van der Waals surface area contributed by atoms with E-state index in [1.807, 2.05) is 10.9 Å². The quantitative estimate of drug-likeness (QED) is 0.848. The van der Waals surface area contributed by atoms with Gasteiger partial charge in [0.15, 0.2) is 0 Å². The lowest BCUT2D eigenvalue weighted by atomic mass is 9.94. The molecule has 0 N–H and O–H groups in total. The van der Waals surface area contributed by atoms with Crippen LogP contribution in [-0.2, 0) is 22.5 Å². The Morgan fingerprint density at radius 3 is 3.10 bits per heavy atom. The van der Waals surface area contributed by atoms with Crippen molar-refractivity contribution in [3.05, 3.63) is 41.7 Å². The predicted molar refractivity (Wildman–Crippen MR) is 79.9 cm³/mol. The fourth-order valence-corrected chi connectivity index (χ4v) is 3.26. The first kappa shape index (κ1) is 13.0. The van der Waals surface area contributed by atoms with E-state index in [0.29, 0.717) is 0 Å². The van der Waals surface area contributed by atoms with Crippen molar-refractivity contribution in [1.29, 1.82) is 0 Å². The molecule has 1 unspecified atom stereocenters. The van der Waals surface area contributed by atoms with Gasteiger partial charge in [0.05, 0.1) is 19.4 Å². The highest BCUT2D eigenvalue weighted by Crippen LogP contribution is 2.30. The highest BCUT2D eigenvalue weighted by molar-refractivity contribution is 5.67. The molecule has 4 nitrogen and oxygen atoms in total. The third kappa shape index (κ3) is 2.49. The lowest BCUT2D eigenvalue weighted by Gasteiger charge is -2.22. The van der Waals surface area contributed by atoms with Gasteiger partial charge in [-0.2, -0.15) is 5.10 Å². The van der Waals surface area contributed by atoms with Crippen molar-refractivity contribution in [3.8, 4) is 11.1 Å². The molecule has 1 saturated heterocycles. The summed E-state index contributed by atoms with van der Waals surface area (Å²) in [6.07, 6.45) is 8.62. The van der Waals surface area contributed by atoms with Gasteiger partial charge in [0.1, 0.15) is 6.23 Å². The first-order valence-electron chi connectivity index (χ1n) is 7.76. The smallest absolute Gasteiger partial charge is 0.150 e. The Morgan fingerprint density at radius 1 is 1.19 bits per heavy atom. The van der Waals surface area contributed by atoms with Gasteiger partial charge in [0.2, 0.25) is 0 Å². The third-order valence-electron chi connectivity index (χ3n) is 4.39. The SMILES string of the molecule is c1cc2c(c(-c3cnn(C4CCCCO4)c3)c1)CCOC2. The summed E-state index contributed by atoms with van der Waals surface area (Å²) in [6.45, 7) is 2.38. The maximum atomic E-state index is 5.81. The number of hydrogen-bond donors (Lipinski definition) is 0. The van der Waals surface area contributed by atoms with Gasteiger partial charge in [-0.3, -0.25) is 0 Å². The van der Waals surface area contributed by atoms with Crippen molar-refractivity contribution >= 4 is 0 Å². The minimum Gasteiger partial charge on any atom is -0.376 e. The Morgan fingerprint density at radius 2 is 2.19 bits per heavy atom. The average Bonchev–Trinajstić information content (AvgIpc) is 3.05. The van der Waals surface area contributed by atoms with Crippen LogP contribution >= 0.6 is 0 Å². The van der Waals surface area contributed by atoms with Crippen LogP contribution < -0.4 is 0 Å². The van der Waals surface area contributed by atoms with Gasteiger partial charge in [0.25, 0.3) is 0 Å². The van der Waals surface area contributed by atoms with E-state index in [9.17, 15) is 0 Å². The van der Waals surface area contributed by atoms with Crippen LogP contribution in [0.5, 0.6) is 0 Å². The standard InChI is InChI=1S/C17H20N2O2/c1-2-8-21-17(6-1)19-11-14(10-18-19)15-5-3-4-13-12-20-9-7-16(13)15/h3-5,10-11,17H,1-2,6-9,12H2. The summed E-state index contributed by atoms with van der Waals surface area (Å²) >= 11 is 0. The molecule has 0 aliphatic carbocycles. The first-order valence-corrected chi connectivity index (χ1v) is 7.76. The Bertz CT molecular complexity index is 629. The van der Waals surface area contributed by atoms with E-state index in [1.54, 1.807) is 0 Å². The molecule has 0 spiro atoms. The van der Waals surface area contributed by atoms with Crippen LogP contribution in [0.4, 0.5) is 0 Å². The van der Waals surface area contributed by atoms with Crippen LogP contribution in [0, 0.1) is 0 Å². The van der Waals surface area contributed by atoms with E-state index in [-0.39, 0.29) is 6.23 Å². The number of ether oxygens (including phenoxy) is 2. The maximum Gasteiger partial charge on any atom is 0.150 e. The second-order valence-corrected chi connectivity index (χ2v) is 5.78. The normalized spacial score (nSPS) is 22.0. The van der Waals surface area contributed by atoms with E-state index in [0.717, 1.165) is 39.1 Å². The van der Waals surface area contributed by atoms with Crippen LogP contribution in [0.2, 0.25) is 0 Å². The molecular weight excluding hydrogens is 264 g/mol. The van der Waals surface area contributed by atoms with Crippen molar-refractivity contribution in [2.45, 2.75) is 38.5 Å². The van der Waals surface area contributed by atoms with Gasteiger partial charge in [-0.1, -0.05) is 18.2 Å². The fraction of sp³-hybridized carbons (Fsp3) is 0.471. The summed E-state index contributed by atoms with van der Waals surface area (Å²) in [5.74, 6) is 0. The molecule has 4 heteroatoms. The minimum absolute atomic E-state index is 0.107. The van der Waals surface area contributed by atoms with Crippen molar-refractivity contribution in [1.82, 2.24) is 9.78 Å². The molecular formula is C17H20N2O2. The van der Waals surface area contributed by atoms with Crippen LogP contribution in [0.3, 0.4) is 0 Å². The summed E-state index contributed by atoms with van der Waals surface area (Å²) < 4.78 is 13.3. The first-order chi connectivity index (χ1) is 10.4. The zero-order valence-corrected chi connectivity index (χ0v) is 12.1. The molecule has 3 heterocycles. The van der Waals surface area contributed by atoms with Crippen molar-refractivity contribution in [3.63, 3.8) is 0 Å². The molecule has 21 heavy (non-hydrogen) atoms. The molecule has 0 amide bonds. The molecule has 1 aromatic heterocycles. The number of benzene rings is 1. The molecule has 0 bridgehead atoms. The van der Waals surface area contributed by atoms with Gasteiger partial charge in [-0.05, 0) is 42.4 Å². The maximum absolute atomic E-state index is 5.81. The number of nitrogens with zero attached hydrogens (tertiary/aromatic N) is 2. The van der Waals surface area contributed by atoms with E-state index in [2.05, 4.69) is 29.5 Å². The molecule has 0 radical (unpaired) electrons. The van der Waals surface area contributed by atoms with E-state index >= 15 is 0 Å². The summed E-state index contributed by atoms with van der Waals surface area (Å²) in [4.78, 5) is 0. The van der Waals surface area contributed by atoms with Gasteiger partial charge in [-0.25, -0.2) is 4.68 Å². The van der Waals surface area contributed by atoms with E-state index in [1.165, 1.54) is 28.7 Å². The van der Waals surface area contributed by atoms with Crippen molar-refractivity contribution in [2.75, 3.05) is 13.2 Å². The molecule has 0 saturated carbocycles. The van der Waals surface area contributed by atoms with Crippen LogP contribution in [0.1, 0.15) is 36.6 Å². The predicted octanol–water partition coefficient (Wildman–Crippen LogP) is 3.32. The topological polar surface area (TPSA) is 36.3 Å². The highest BCUT2D eigenvalue weighted by atomic mass is 16.5. The Labute approximate surface area is 124 Å². The third-order valence-corrected chi connectivity index (χ3v) is 4.39. The second-order valence-electron chi connectivity index (χ2n) is 5.78. The Kier molecular flexibility index (Phi) is 3.49. The summed E-state index contributed by atoms with van der Waals surface area (Å²) in [5.41, 5.74) is 5.19. The zero-order chi connectivity index (χ0) is 14.1. The van der Waals surface area contributed by atoms with Crippen LogP contribution in [-0.4, -0.2) is 23.0 Å². The van der Waals surface area contributed by atoms with Crippen molar-refractivity contribution < 1.29 is 9.47 Å². The number of hydrogen-bond acceptors (Lipinski definition) is 3. The molecule has 4 rings (SSSR count). The molecule has 2 aliphatic heterocycles. The van der Waals surface area contributed by atoms with E-state index in [4.69, 9.17) is 9.47 Å². The fourth-order valence-electron chi connectivity index (χ4n) is 3.26. The monoisotopic (exact) mass is 284 g/mol. The minimum atomic E-state index is 0.107. The number of aromatic nitrogens is 2. The van der Waals surface area contributed by atoms with Gasteiger partial charge in [-0.15, -0.1) is 0 Å². The molecule has 1 atom stereocenters. The Balaban J connectivity index is 1.66. The van der Waals surface area contributed by atoms with Crippen LogP contribution in [0.25, 0.3) is 11.1 Å². The van der Waals surface area contributed by atoms with Gasteiger partial charge >= 0.3 is 0 Å². The summed E-state index contributed by atoms with van der Waals surface area (Å²) in [5, 5.41) is 4.53. The molecule has 1 aromatic carbocycles. The molecule has 1 fully saturated rings. The highest BCUT2D eigenvalue weighted by Gasteiger charge is 2.19. The lowest BCUT2D eigenvalue weighted by molar-refractivity contribution is -0.0394.